The normalized spacial score (nSPS) is 26.3. The molecule has 0 bridgehead atoms. The predicted molar refractivity (Wildman–Crippen MR) is 113 cm³/mol. The van der Waals surface area contributed by atoms with Gasteiger partial charge >= 0.3 is 5.92 Å². The molecule has 0 aromatic rings. The molecule has 0 saturated heterocycles. The molecule has 0 aromatic carbocycles. The number of carbonyl (C=O) groups excluding carboxylic acids is 1. The molecule has 0 aromatic heterocycles. The molecule has 1 saturated carbocycles. The molecule has 0 heterocycles. The van der Waals surface area contributed by atoms with Gasteiger partial charge in [0, 0.05) is 26.4 Å². The first-order chi connectivity index (χ1) is 14.4. The third-order valence-electron chi connectivity index (χ3n) is 5.42. The molecule has 5 nitrogen and oxygen atoms in total. The summed E-state index contributed by atoms with van der Waals surface area (Å²) in [5, 5.41) is 0. The third kappa shape index (κ3) is 8.13. The molecular formula is C23H42F2O5. The van der Waals surface area contributed by atoms with Gasteiger partial charge in [0.2, 0.25) is 5.78 Å². The molecule has 0 N–H and O–H groups in total. The van der Waals surface area contributed by atoms with E-state index in [1.54, 1.807) is 0 Å². The fourth-order valence-electron chi connectivity index (χ4n) is 3.43. The third-order valence-corrected chi connectivity index (χ3v) is 5.42. The van der Waals surface area contributed by atoms with Gasteiger partial charge in [0.1, 0.15) is 6.10 Å². The Hall–Kier alpha value is -0.630. The molecule has 0 aliphatic heterocycles. The fraction of sp³-hybridized carbons (Fsp3) is 0.957. The minimum absolute atomic E-state index is 0.231. The molecule has 1 fully saturated rings. The van der Waals surface area contributed by atoms with E-state index in [1.165, 1.54) is 0 Å². The average Bonchev–Trinajstić information content (AvgIpc) is 2.72. The molecule has 1 rings (SSSR count). The standard InChI is InChI=1S/C23H42F2O5/c1-5-9-13-27-17-18-19(28-14-10-6-2)20(29-15-11-7-3)21(30-16-12-8-4)22(26)23(18,24)25/h18-21H,5-17H2,1-4H3/t18-,19-,20+,21-/m1/s1. The Bertz CT molecular complexity index is 461. The average molecular weight is 437 g/mol. The Balaban J connectivity index is 3.11. The van der Waals surface area contributed by atoms with Gasteiger partial charge in [0.25, 0.3) is 0 Å². The summed E-state index contributed by atoms with van der Waals surface area (Å²) in [5.41, 5.74) is 0. The summed E-state index contributed by atoms with van der Waals surface area (Å²) in [6, 6.07) is 0. The summed E-state index contributed by atoms with van der Waals surface area (Å²) < 4.78 is 53.5. The maximum Gasteiger partial charge on any atom is 0.315 e. The molecule has 30 heavy (non-hydrogen) atoms. The first kappa shape index (κ1) is 27.4. The summed E-state index contributed by atoms with van der Waals surface area (Å²) >= 11 is 0. The van der Waals surface area contributed by atoms with Crippen molar-refractivity contribution < 1.29 is 32.5 Å². The van der Waals surface area contributed by atoms with Crippen molar-refractivity contribution in [2.45, 2.75) is 103 Å². The first-order valence-corrected chi connectivity index (χ1v) is 11.8. The van der Waals surface area contributed by atoms with Gasteiger partial charge in [-0.3, -0.25) is 4.79 Å². The monoisotopic (exact) mass is 436 g/mol. The maximum atomic E-state index is 15.2. The molecular weight excluding hydrogens is 394 g/mol. The van der Waals surface area contributed by atoms with Crippen LogP contribution in [0.3, 0.4) is 0 Å². The van der Waals surface area contributed by atoms with Crippen LogP contribution in [-0.2, 0) is 23.7 Å². The van der Waals surface area contributed by atoms with E-state index in [-0.39, 0.29) is 13.2 Å². The maximum absolute atomic E-state index is 15.2. The van der Waals surface area contributed by atoms with Crippen molar-refractivity contribution in [2.75, 3.05) is 33.0 Å². The van der Waals surface area contributed by atoms with Crippen LogP contribution in [0.1, 0.15) is 79.1 Å². The molecule has 178 valence electrons. The zero-order valence-corrected chi connectivity index (χ0v) is 19.3. The van der Waals surface area contributed by atoms with Gasteiger partial charge in [0.05, 0.1) is 18.6 Å². The van der Waals surface area contributed by atoms with Crippen LogP contribution in [0.5, 0.6) is 0 Å². The molecule has 0 radical (unpaired) electrons. The molecule has 0 unspecified atom stereocenters. The van der Waals surface area contributed by atoms with E-state index in [4.69, 9.17) is 18.9 Å². The van der Waals surface area contributed by atoms with Crippen LogP contribution in [0, 0.1) is 5.92 Å². The van der Waals surface area contributed by atoms with Gasteiger partial charge in [-0.05, 0) is 25.7 Å². The Kier molecular flexibility index (Phi) is 13.9. The van der Waals surface area contributed by atoms with Gasteiger partial charge in [-0.1, -0.05) is 53.4 Å². The summed E-state index contributed by atoms with van der Waals surface area (Å²) in [6.45, 7) is 9.15. The fourth-order valence-corrected chi connectivity index (χ4v) is 3.43. The lowest BCUT2D eigenvalue weighted by Crippen LogP contribution is -2.65. The Morgan fingerprint density at radius 3 is 1.73 bits per heavy atom. The first-order valence-electron chi connectivity index (χ1n) is 11.8. The highest BCUT2D eigenvalue weighted by molar-refractivity contribution is 5.92. The van der Waals surface area contributed by atoms with E-state index in [1.807, 2.05) is 27.7 Å². The number of carbonyl (C=O) groups is 1. The van der Waals surface area contributed by atoms with Crippen LogP contribution in [-0.4, -0.2) is 63.1 Å². The van der Waals surface area contributed by atoms with Crippen molar-refractivity contribution in [3.8, 4) is 0 Å². The van der Waals surface area contributed by atoms with Gasteiger partial charge in [-0.25, -0.2) is 0 Å². The number of Topliss-reactive ketones (excluding diaryl/α,β-unsaturated/α-hetero) is 1. The Morgan fingerprint density at radius 2 is 1.20 bits per heavy atom. The van der Waals surface area contributed by atoms with E-state index >= 15 is 8.78 Å². The summed E-state index contributed by atoms with van der Waals surface area (Å²) in [6.07, 6.45) is 3.45. The summed E-state index contributed by atoms with van der Waals surface area (Å²) in [5.74, 6) is -6.17. The zero-order valence-electron chi connectivity index (χ0n) is 19.3. The number of hydrogen-bond donors (Lipinski definition) is 0. The van der Waals surface area contributed by atoms with Crippen LogP contribution in [0.2, 0.25) is 0 Å². The smallest absolute Gasteiger partial charge is 0.315 e. The van der Waals surface area contributed by atoms with Gasteiger partial charge in [0.15, 0.2) is 6.10 Å². The number of ether oxygens (including phenoxy) is 4. The van der Waals surface area contributed by atoms with Crippen LogP contribution < -0.4 is 0 Å². The van der Waals surface area contributed by atoms with Crippen molar-refractivity contribution >= 4 is 5.78 Å². The van der Waals surface area contributed by atoms with Gasteiger partial charge in [-0.2, -0.15) is 8.78 Å². The van der Waals surface area contributed by atoms with E-state index in [0.29, 0.717) is 26.2 Å². The van der Waals surface area contributed by atoms with Crippen LogP contribution in [0.4, 0.5) is 8.78 Å². The van der Waals surface area contributed by atoms with Crippen molar-refractivity contribution in [1.29, 1.82) is 0 Å². The highest BCUT2D eigenvalue weighted by atomic mass is 19.3. The number of rotatable bonds is 17. The van der Waals surface area contributed by atoms with E-state index in [9.17, 15) is 4.79 Å². The number of halogens is 2. The lowest BCUT2D eigenvalue weighted by Gasteiger charge is -2.45. The largest absolute Gasteiger partial charge is 0.381 e. The lowest BCUT2D eigenvalue weighted by atomic mass is 9.78. The molecule has 0 amide bonds. The predicted octanol–water partition coefficient (Wildman–Crippen LogP) is 5.19. The van der Waals surface area contributed by atoms with Crippen molar-refractivity contribution in [1.82, 2.24) is 0 Å². The second-order valence-electron chi connectivity index (χ2n) is 8.05. The molecule has 1 aliphatic carbocycles. The van der Waals surface area contributed by atoms with Crippen LogP contribution >= 0.6 is 0 Å². The molecule has 7 heteroatoms. The van der Waals surface area contributed by atoms with Gasteiger partial charge in [-0.15, -0.1) is 0 Å². The van der Waals surface area contributed by atoms with E-state index in [2.05, 4.69) is 0 Å². The quantitative estimate of drug-likeness (QED) is 0.294. The minimum Gasteiger partial charge on any atom is -0.381 e. The number of unbranched alkanes of at least 4 members (excludes halogenated alkanes) is 4. The van der Waals surface area contributed by atoms with Crippen LogP contribution in [0.25, 0.3) is 0 Å². The second kappa shape index (κ2) is 15.2. The highest BCUT2D eigenvalue weighted by Crippen LogP contribution is 2.40. The topological polar surface area (TPSA) is 54.0 Å². The Morgan fingerprint density at radius 1 is 0.733 bits per heavy atom. The minimum atomic E-state index is -3.58. The van der Waals surface area contributed by atoms with Crippen molar-refractivity contribution in [2.24, 2.45) is 5.92 Å². The summed E-state index contributed by atoms with van der Waals surface area (Å²) in [7, 11) is 0. The van der Waals surface area contributed by atoms with Crippen molar-refractivity contribution in [3.05, 3.63) is 0 Å². The van der Waals surface area contributed by atoms with Crippen molar-refractivity contribution in [3.63, 3.8) is 0 Å². The molecule has 0 spiro atoms. The highest BCUT2D eigenvalue weighted by Gasteiger charge is 2.62. The van der Waals surface area contributed by atoms with Gasteiger partial charge < -0.3 is 18.9 Å². The van der Waals surface area contributed by atoms with Crippen LogP contribution in [0.15, 0.2) is 0 Å². The summed E-state index contributed by atoms with van der Waals surface area (Å²) in [4.78, 5) is 12.8. The number of alkyl halides is 2. The van der Waals surface area contributed by atoms with E-state index < -0.39 is 35.9 Å². The zero-order chi connectivity index (χ0) is 22.4. The number of hydrogen-bond acceptors (Lipinski definition) is 5. The molecule has 4 atom stereocenters. The lowest BCUT2D eigenvalue weighted by molar-refractivity contribution is -0.238. The van der Waals surface area contributed by atoms with E-state index in [0.717, 1.165) is 44.9 Å². The second-order valence-corrected chi connectivity index (χ2v) is 8.05. The number of ketones is 1. The SMILES string of the molecule is CCCCOC[C@@H]1[C@@H](OCCCC)[C@H](OCCCC)[C@@H](OCCCC)C(=O)C1(F)F. The molecule has 1 aliphatic rings. The Labute approximate surface area is 181 Å².